The van der Waals surface area contributed by atoms with Crippen LogP contribution in [0.1, 0.15) is 44.3 Å². The number of nitrogens with one attached hydrogen (secondary N) is 1. The van der Waals surface area contributed by atoms with E-state index < -0.39 is 54.2 Å². The smallest absolute Gasteiger partial charge is 0.408 e. The Morgan fingerprint density at radius 2 is 1.94 bits per heavy atom. The Morgan fingerprint density at radius 1 is 1.29 bits per heavy atom. The Balaban J connectivity index is 0.00000480. The van der Waals surface area contributed by atoms with Crippen molar-refractivity contribution in [1.29, 1.82) is 0 Å². The van der Waals surface area contributed by atoms with E-state index in [4.69, 9.17) is 19.9 Å². The number of esters is 1. The highest BCUT2D eigenvalue weighted by Crippen LogP contribution is 2.25. The molecule has 0 spiro atoms. The molecule has 1 aromatic heterocycles. The predicted molar refractivity (Wildman–Crippen MR) is 101 cm³/mol. The Hall–Kier alpha value is -2.47. The number of amides is 2. The molecule has 31 heavy (non-hydrogen) atoms. The first-order valence-corrected chi connectivity index (χ1v) is 9.37. The maximum absolute atomic E-state index is 12.1. The topological polar surface area (TPSA) is 161 Å². The van der Waals surface area contributed by atoms with Crippen LogP contribution in [0.2, 0.25) is 0 Å². The van der Waals surface area contributed by atoms with E-state index in [1.54, 1.807) is 26.8 Å². The van der Waals surface area contributed by atoms with Gasteiger partial charge in [0.15, 0.2) is 18.5 Å². The van der Waals surface area contributed by atoms with Crippen molar-refractivity contribution >= 4 is 18.0 Å². The Labute approximate surface area is 185 Å². The molecule has 1 aromatic rings. The van der Waals surface area contributed by atoms with Crippen LogP contribution in [0, 0.1) is 0 Å². The number of hydrogen-bond donors (Lipinski definition) is 4. The van der Waals surface area contributed by atoms with E-state index in [1.165, 1.54) is 30.0 Å². The molecule has 2 heterocycles. The van der Waals surface area contributed by atoms with Gasteiger partial charge in [-0.25, -0.2) is 9.59 Å². The molecule has 0 unspecified atom stereocenters. The summed E-state index contributed by atoms with van der Waals surface area (Å²) in [7, 11) is 0. The molecular formula is C19H28ClN3O8. The highest BCUT2D eigenvalue weighted by atomic mass is 35.5. The minimum Gasteiger partial charge on any atom is -1.00 e. The number of aromatic nitrogens is 1. The number of hydrogen-bond acceptors (Lipinski definition) is 8. The van der Waals surface area contributed by atoms with Crippen LogP contribution >= 0.6 is 0 Å². The van der Waals surface area contributed by atoms with Gasteiger partial charge in [0.25, 0.3) is 12.1 Å². The third-order valence-electron chi connectivity index (χ3n) is 4.21. The third-order valence-corrected chi connectivity index (χ3v) is 4.21. The van der Waals surface area contributed by atoms with Crippen molar-refractivity contribution in [1.82, 2.24) is 5.32 Å². The van der Waals surface area contributed by atoms with Crippen LogP contribution in [-0.4, -0.2) is 64.7 Å². The number of halogens is 1. The molecule has 1 saturated heterocycles. The van der Waals surface area contributed by atoms with E-state index in [9.17, 15) is 24.6 Å². The van der Waals surface area contributed by atoms with Crippen molar-refractivity contribution in [3.63, 3.8) is 0 Å². The number of alkyl carbamates (subject to hydrolysis) is 1. The Bertz CT molecular complexity index is 801. The molecule has 5 N–H and O–H groups in total. The fourth-order valence-electron chi connectivity index (χ4n) is 2.74. The molecule has 11 nitrogen and oxygen atoms in total. The third kappa shape index (κ3) is 7.31. The van der Waals surface area contributed by atoms with Crippen LogP contribution in [-0.2, 0) is 19.0 Å². The van der Waals surface area contributed by atoms with Crippen molar-refractivity contribution < 1.29 is 55.8 Å². The lowest BCUT2D eigenvalue weighted by Gasteiger charge is -2.21. The zero-order valence-corrected chi connectivity index (χ0v) is 18.4. The molecule has 1 aliphatic heterocycles. The summed E-state index contributed by atoms with van der Waals surface area (Å²) in [6.07, 6.45) is -2.57. The molecule has 0 aromatic carbocycles. The molecular weight excluding hydrogens is 434 g/mol. The normalized spacial score (nSPS) is 23.9. The Morgan fingerprint density at radius 3 is 2.52 bits per heavy atom. The fraction of sp³-hybridized carbons (Fsp3) is 0.579. The molecule has 5 atom stereocenters. The van der Waals surface area contributed by atoms with Crippen LogP contribution in [0.5, 0.6) is 0 Å². The van der Waals surface area contributed by atoms with E-state index >= 15 is 0 Å². The van der Waals surface area contributed by atoms with Crippen LogP contribution < -0.4 is 28.0 Å². The first kappa shape index (κ1) is 26.6. The molecule has 0 saturated carbocycles. The molecule has 1 fully saturated rings. The maximum atomic E-state index is 12.1. The number of pyridine rings is 1. The van der Waals surface area contributed by atoms with Gasteiger partial charge in [-0.1, -0.05) is 0 Å². The Kier molecular flexibility index (Phi) is 9.18. The molecule has 2 rings (SSSR count). The predicted octanol–water partition coefficient (Wildman–Crippen LogP) is -3.85. The van der Waals surface area contributed by atoms with Crippen molar-refractivity contribution in [3.05, 3.63) is 30.1 Å². The average Bonchev–Trinajstić information content (AvgIpc) is 2.92. The van der Waals surface area contributed by atoms with Crippen molar-refractivity contribution in [2.75, 3.05) is 6.61 Å². The van der Waals surface area contributed by atoms with Gasteiger partial charge in [0.1, 0.15) is 36.0 Å². The van der Waals surface area contributed by atoms with E-state index in [2.05, 4.69) is 5.32 Å². The monoisotopic (exact) mass is 461 g/mol. The molecule has 0 radical (unpaired) electrons. The zero-order valence-electron chi connectivity index (χ0n) is 17.6. The first-order chi connectivity index (χ1) is 13.9. The second-order valence-electron chi connectivity index (χ2n) is 7.95. The zero-order chi connectivity index (χ0) is 22.6. The number of nitrogens with zero attached hydrogens (tertiary/aromatic N) is 1. The lowest BCUT2D eigenvalue weighted by molar-refractivity contribution is -0.765. The first-order valence-electron chi connectivity index (χ1n) is 9.37. The summed E-state index contributed by atoms with van der Waals surface area (Å²) in [4.78, 5) is 35.2. The largest absolute Gasteiger partial charge is 1.00 e. The summed E-state index contributed by atoms with van der Waals surface area (Å²) < 4.78 is 17.2. The highest BCUT2D eigenvalue weighted by Gasteiger charge is 2.48. The lowest BCUT2D eigenvalue weighted by atomic mass is 10.1. The summed E-state index contributed by atoms with van der Waals surface area (Å²) in [6.45, 7) is 6.12. The van der Waals surface area contributed by atoms with E-state index in [-0.39, 0.29) is 24.6 Å². The minimum absolute atomic E-state index is 0. The van der Waals surface area contributed by atoms with Crippen molar-refractivity contribution in [2.24, 2.45) is 5.73 Å². The summed E-state index contributed by atoms with van der Waals surface area (Å²) in [6, 6.07) is 2.04. The van der Waals surface area contributed by atoms with Gasteiger partial charge in [0.2, 0.25) is 0 Å². The minimum atomic E-state index is -1.35. The summed E-state index contributed by atoms with van der Waals surface area (Å²) in [5, 5.41) is 22.9. The van der Waals surface area contributed by atoms with Gasteiger partial charge in [-0.05, 0) is 33.8 Å². The van der Waals surface area contributed by atoms with E-state index in [1.807, 2.05) is 0 Å². The molecule has 174 valence electrons. The summed E-state index contributed by atoms with van der Waals surface area (Å²) in [5.74, 6) is -1.42. The van der Waals surface area contributed by atoms with Gasteiger partial charge >= 0.3 is 12.1 Å². The molecule has 1 aliphatic rings. The van der Waals surface area contributed by atoms with Gasteiger partial charge in [0, 0.05) is 6.07 Å². The molecule has 2 amide bonds. The molecule has 12 heteroatoms. The van der Waals surface area contributed by atoms with Crippen LogP contribution in [0.25, 0.3) is 0 Å². The van der Waals surface area contributed by atoms with Gasteiger partial charge < -0.3 is 47.9 Å². The van der Waals surface area contributed by atoms with Gasteiger partial charge in [-0.2, -0.15) is 4.57 Å². The number of aliphatic hydroxyl groups excluding tert-OH is 2. The SMILES string of the molecule is C[C@H](NC(=O)OC(C)(C)C)C(=O)OC[C@H]1O[C@@H]([n+]2cccc(C(N)=O)c2)[C@H](O)[C@@H]1O.[Cl-]. The number of aliphatic hydroxyl groups is 2. The van der Waals surface area contributed by atoms with Crippen molar-refractivity contribution in [3.8, 4) is 0 Å². The standard InChI is InChI=1S/C19H27N3O8.ClH/c1-10(21-18(27)30-19(2,3)4)17(26)28-9-12-13(23)14(24)16(29-12)22-7-5-6-11(8-22)15(20)25;/h5-8,10,12-14,16,23-24H,9H2,1-4H3,(H2-,20,21,25,27);1H/t10-,12+,13+,14+,16+;/m0./s1. The second-order valence-corrected chi connectivity index (χ2v) is 7.95. The van der Waals surface area contributed by atoms with Crippen LogP contribution in [0.4, 0.5) is 4.79 Å². The fourth-order valence-corrected chi connectivity index (χ4v) is 2.74. The highest BCUT2D eigenvalue weighted by molar-refractivity contribution is 5.92. The van der Waals surface area contributed by atoms with E-state index in [0.717, 1.165) is 0 Å². The van der Waals surface area contributed by atoms with E-state index in [0.29, 0.717) is 0 Å². The quantitative estimate of drug-likeness (QED) is 0.247. The van der Waals surface area contributed by atoms with Crippen molar-refractivity contribution in [2.45, 2.75) is 63.9 Å². The number of carbonyl (C=O) groups excluding carboxylic acids is 3. The van der Waals surface area contributed by atoms with Gasteiger partial charge in [0.05, 0.1) is 0 Å². The number of rotatable bonds is 6. The van der Waals surface area contributed by atoms with Gasteiger partial charge in [-0.15, -0.1) is 0 Å². The summed E-state index contributed by atoms with van der Waals surface area (Å²) >= 11 is 0. The summed E-state index contributed by atoms with van der Waals surface area (Å²) in [5.41, 5.74) is 4.72. The van der Waals surface area contributed by atoms with Crippen LogP contribution in [0.15, 0.2) is 24.5 Å². The molecule has 0 bridgehead atoms. The molecule has 0 aliphatic carbocycles. The lowest BCUT2D eigenvalue weighted by Crippen LogP contribution is -3.00. The van der Waals surface area contributed by atoms with Gasteiger partial charge in [-0.3, -0.25) is 4.79 Å². The average molecular weight is 462 g/mol. The second kappa shape index (κ2) is 10.7. The number of primary amides is 1. The number of ether oxygens (including phenoxy) is 3. The number of carbonyl (C=O) groups is 3. The number of nitrogens with two attached hydrogens (primary N) is 1. The maximum Gasteiger partial charge on any atom is 0.408 e. The van der Waals surface area contributed by atoms with Crippen LogP contribution in [0.3, 0.4) is 0 Å².